The van der Waals surface area contributed by atoms with Crippen LogP contribution in [0, 0.1) is 11.8 Å². The molecule has 0 rings (SSSR count). The molecule has 0 aromatic carbocycles. The number of amides is 1. The van der Waals surface area contributed by atoms with Gasteiger partial charge in [0.2, 0.25) is 0 Å². The first-order chi connectivity index (χ1) is 7.13. The van der Waals surface area contributed by atoms with Gasteiger partial charge < -0.3 is 5.11 Å². The standard InChI is InChI=1S/C11H21NO4/c1-7(2)6-8(10(14)15)9(13)12-16-11(3,4)5/h7-8H,6H2,1-5H3,(H,12,13)(H,14,15). The Bertz CT molecular complexity index is 255. The van der Waals surface area contributed by atoms with Crippen LogP contribution in [0.5, 0.6) is 0 Å². The lowest BCUT2D eigenvalue weighted by atomic mass is 9.97. The third kappa shape index (κ3) is 6.40. The first-order valence-electron chi connectivity index (χ1n) is 5.34. The van der Waals surface area contributed by atoms with Crippen LogP contribution in [-0.2, 0) is 14.4 Å². The maximum Gasteiger partial charge on any atom is 0.316 e. The van der Waals surface area contributed by atoms with E-state index < -0.39 is 23.4 Å². The summed E-state index contributed by atoms with van der Waals surface area (Å²) >= 11 is 0. The topological polar surface area (TPSA) is 75.6 Å². The Labute approximate surface area is 96.1 Å². The van der Waals surface area contributed by atoms with Crippen LogP contribution in [0.2, 0.25) is 0 Å². The Morgan fingerprint density at radius 1 is 1.31 bits per heavy atom. The Morgan fingerprint density at radius 3 is 2.12 bits per heavy atom. The lowest BCUT2D eigenvalue weighted by Gasteiger charge is -2.21. The summed E-state index contributed by atoms with van der Waals surface area (Å²) in [6.45, 7) is 9.05. The molecule has 1 amide bonds. The summed E-state index contributed by atoms with van der Waals surface area (Å²) in [5.41, 5.74) is 1.66. The van der Waals surface area contributed by atoms with Gasteiger partial charge in [0.15, 0.2) is 0 Å². The molecule has 5 heteroatoms. The van der Waals surface area contributed by atoms with Crippen LogP contribution in [0.3, 0.4) is 0 Å². The van der Waals surface area contributed by atoms with Gasteiger partial charge in [0.25, 0.3) is 5.91 Å². The summed E-state index contributed by atoms with van der Waals surface area (Å²) in [5, 5.41) is 8.91. The minimum atomic E-state index is -1.12. The maximum absolute atomic E-state index is 11.5. The third-order valence-electron chi connectivity index (χ3n) is 1.78. The molecule has 0 aliphatic heterocycles. The van der Waals surface area contributed by atoms with Crippen molar-refractivity contribution in [2.75, 3.05) is 0 Å². The van der Waals surface area contributed by atoms with Gasteiger partial charge >= 0.3 is 5.97 Å². The molecule has 0 spiro atoms. The lowest BCUT2D eigenvalue weighted by Crippen LogP contribution is -2.40. The van der Waals surface area contributed by atoms with Gasteiger partial charge in [0, 0.05) is 0 Å². The first-order valence-corrected chi connectivity index (χ1v) is 5.34. The fourth-order valence-corrected chi connectivity index (χ4v) is 1.07. The van der Waals surface area contributed by atoms with Gasteiger partial charge in [-0.15, -0.1) is 0 Å². The number of aliphatic carboxylic acids is 1. The van der Waals surface area contributed by atoms with Gasteiger partial charge in [-0.2, -0.15) is 0 Å². The second-order valence-electron chi connectivity index (χ2n) is 5.20. The molecule has 0 aromatic heterocycles. The molecule has 0 bridgehead atoms. The number of carbonyl (C=O) groups is 2. The molecule has 2 N–H and O–H groups in total. The molecule has 16 heavy (non-hydrogen) atoms. The molecule has 0 radical (unpaired) electrons. The van der Waals surface area contributed by atoms with Crippen LogP contribution in [0.1, 0.15) is 41.0 Å². The molecule has 0 saturated heterocycles. The van der Waals surface area contributed by atoms with Gasteiger partial charge in [-0.25, -0.2) is 5.48 Å². The van der Waals surface area contributed by atoms with Crippen LogP contribution in [0.25, 0.3) is 0 Å². The Hall–Kier alpha value is -1.10. The molecule has 94 valence electrons. The van der Waals surface area contributed by atoms with Crippen molar-refractivity contribution in [3.05, 3.63) is 0 Å². The Kier molecular flexibility index (Phi) is 5.44. The van der Waals surface area contributed by atoms with E-state index in [9.17, 15) is 9.59 Å². The second-order valence-corrected chi connectivity index (χ2v) is 5.20. The highest BCUT2D eigenvalue weighted by atomic mass is 16.7. The van der Waals surface area contributed by atoms with Crippen molar-refractivity contribution < 1.29 is 19.5 Å². The van der Waals surface area contributed by atoms with Crippen LogP contribution < -0.4 is 5.48 Å². The SMILES string of the molecule is CC(C)CC(C(=O)O)C(=O)NOC(C)(C)C. The van der Waals surface area contributed by atoms with Crippen molar-refractivity contribution in [1.29, 1.82) is 0 Å². The zero-order chi connectivity index (χ0) is 12.9. The van der Waals surface area contributed by atoms with Crippen LogP contribution in [-0.4, -0.2) is 22.6 Å². The summed E-state index contributed by atoms with van der Waals surface area (Å²) in [6.07, 6.45) is 0.300. The number of carboxylic acid groups (broad SMARTS) is 1. The van der Waals surface area contributed by atoms with Crippen molar-refractivity contribution in [3.63, 3.8) is 0 Å². The second kappa shape index (κ2) is 5.84. The van der Waals surface area contributed by atoms with E-state index >= 15 is 0 Å². The number of carboxylic acids is 1. The molecule has 1 atom stereocenters. The van der Waals surface area contributed by atoms with Gasteiger partial charge in [-0.05, 0) is 33.1 Å². The molecule has 0 heterocycles. The van der Waals surface area contributed by atoms with E-state index in [4.69, 9.17) is 9.94 Å². The Morgan fingerprint density at radius 2 is 1.81 bits per heavy atom. The zero-order valence-electron chi connectivity index (χ0n) is 10.5. The fourth-order valence-electron chi connectivity index (χ4n) is 1.07. The van der Waals surface area contributed by atoms with E-state index in [-0.39, 0.29) is 5.92 Å². The molecule has 0 aliphatic carbocycles. The zero-order valence-corrected chi connectivity index (χ0v) is 10.5. The van der Waals surface area contributed by atoms with Crippen molar-refractivity contribution in [2.45, 2.75) is 46.6 Å². The van der Waals surface area contributed by atoms with Crippen molar-refractivity contribution in [2.24, 2.45) is 11.8 Å². The molecule has 0 aromatic rings. The third-order valence-corrected chi connectivity index (χ3v) is 1.78. The van der Waals surface area contributed by atoms with E-state index in [1.807, 2.05) is 13.8 Å². The van der Waals surface area contributed by atoms with E-state index in [1.165, 1.54) is 0 Å². The number of carbonyl (C=O) groups excluding carboxylic acids is 1. The summed E-state index contributed by atoms with van der Waals surface area (Å²) in [5.74, 6) is -2.64. The number of hydrogen-bond donors (Lipinski definition) is 2. The predicted molar refractivity (Wildman–Crippen MR) is 59.6 cm³/mol. The van der Waals surface area contributed by atoms with Crippen molar-refractivity contribution >= 4 is 11.9 Å². The highest BCUT2D eigenvalue weighted by Gasteiger charge is 2.28. The highest BCUT2D eigenvalue weighted by molar-refractivity contribution is 5.96. The lowest BCUT2D eigenvalue weighted by molar-refractivity contribution is -0.159. The highest BCUT2D eigenvalue weighted by Crippen LogP contribution is 2.13. The number of hydroxylamine groups is 1. The molecule has 0 saturated carbocycles. The average Bonchev–Trinajstić information content (AvgIpc) is 2.08. The predicted octanol–water partition coefficient (Wildman–Crippen LogP) is 1.58. The summed E-state index contributed by atoms with van der Waals surface area (Å²) < 4.78 is 0. The van der Waals surface area contributed by atoms with E-state index in [0.717, 1.165) is 0 Å². The van der Waals surface area contributed by atoms with Crippen LogP contribution in [0.4, 0.5) is 0 Å². The van der Waals surface area contributed by atoms with Crippen LogP contribution >= 0.6 is 0 Å². The molecule has 1 unspecified atom stereocenters. The summed E-state index contributed by atoms with van der Waals surface area (Å²) in [6, 6.07) is 0. The average molecular weight is 231 g/mol. The summed E-state index contributed by atoms with van der Waals surface area (Å²) in [7, 11) is 0. The molecule has 5 nitrogen and oxygen atoms in total. The maximum atomic E-state index is 11.5. The number of nitrogens with one attached hydrogen (secondary N) is 1. The Balaban J connectivity index is 4.35. The number of hydrogen-bond acceptors (Lipinski definition) is 3. The van der Waals surface area contributed by atoms with E-state index in [2.05, 4.69) is 5.48 Å². The molecular weight excluding hydrogens is 210 g/mol. The smallest absolute Gasteiger partial charge is 0.316 e. The minimum Gasteiger partial charge on any atom is -0.481 e. The molecular formula is C11H21NO4. The van der Waals surface area contributed by atoms with Crippen LogP contribution in [0.15, 0.2) is 0 Å². The quantitative estimate of drug-likeness (QED) is 0.556. The van der Waals surface area contributed by atoms with Crippen molar-refractivity contribution in [3.8, 4) is 0 Å². The summed E-state index contributed by atoms with van der Waals surface area (Å²) in [4.78, 5) is 27.5. The van der Waals surface area contributed by atoms with Gasteiger partial charge in [-0.3, -0.25) is 14.4 Å². The molecule has 0 fully saturated rings. The number of rotatable bonds is 5. The molecule has 0 aliphatic rings. The van der Waals surface area contributed by atoms with E-state index in [1.54, 1.807) is 20.8 Å². The van der Waals surface area contributed by atoms with Gasteiger partial charge in [0.1, 0.15) is 5.92 Å². The minimum absolute atomic E-state index is 0.140. The largest absolute Gasteiger partial charge is 0.481 e. The van der Waals surface area contributed by atoms with Crippen molar-refractivity contribution in [1.82, 2.24) is 5.48 Å². The van der Waals surface area contributed by atoms with Gasteiger partial charge in [-0.1, -0.05) is 13.8 Å². The van der Waals surface area contributed by atoms with Gasteiger partial charge in [0.05, 0.1) is 5.60 Å². The fraction of sp³-hybridized carbons (Fsp3) is 0.818. The monoisotopic (exact) mass is 231 g/mol. The normalized spacial score (nSPS) is 13.6. The first kappa shape index (κ1) is 14.9. The van der Waals surface area contributed by atoms with E-state index in [0.29, 0.717) is 6.42 Å².